The normalized spacial score (nSPS) is 15.8. The zero-order valence-electron chi connectivity index (χ0n) is 15.7. The van der Waals surface area contributed by atoms with E-state index in [0.29, 0.717) is 0 Å². The molecule has 0 bridgehead atoms. The Morgan fingerprint density at radius 3 is 2.54 bits per heavy atom. The van der Waals surface area contributed by atoms with Gasteiger partial charge in [-0.15, -0.1) is 0 Å². The monoisotopic (exact) mass is 354 g/mol. The summed E-state index contributed by atoms with van der Waals surface area (Å²) >= 11 is 0. The Morgan fingerprint density at radius 1 is 1.08 bits per heavy atom. The van der Waals surface area contributed by atoms with Gasteiger partial charge in [0.2, 0.25) is 0 Å². The summed E-state index contributed by atoms with van der Waals surface area (Å²) in [5, 5.41) is 6.81. The molecule has 1 aromatic carbocycles. The molecule has 3 rings (SSSR count). The fraction of sp³-hybridized carbons (Fsp3) is 0.500. The molecule has 0 spiro atoms. The van der Waals surface area contributed by atoms with E-state index in [1.165, 1.54) is 43.5 Å². The van der Waals surface area contributed by atoms with Gasteiger partial charge < -0.3 is 20.1 Å². The topological polar surface area (TPSA) is 57.5 Å². The van der Waals surface area contributed by atoms with Gasteiger partial charge in [0.1, 0.15) is 0 Å². The molecule has 1 aromatic heterocycles. The van der Waals surface area contributed by atoms with Gasteiger partial charge >= 0.3 is 0 Å². The third kappa shape index (κ3) is 5.88. The largest absolute Gasteiger partial charge is 0.355 e. The van der Waals surface area contributed by atoms with Crippen LogP contribution in [0.5, 0.6) is 0 Å². The third-order valence-electron chi connectivity index (χ3n) is 4.80. The molecule has 0 aliphatic carbocycles. The molecule has 0 atom stereocenters. The summed E-state index contributed by atoms with van der Waals surface area (Å²) in [4.78, 5) is 10.9. The Bertz CT molecular complexity index is 656. The average molecular weight is 355 g/mol. The highest BCUT2D eigenvalue weighted by molar-refractivity contribution is 5.79. The Kier molecular flexibility index (Phi) is 7.07. The van der Waals surface area contributed by atoms with Crippen molar-refractivity contribution in [3.05, 3.63) is 54.1 Å². The van der Waals surface area contributed by atoms with Gasteiger partial charge in [0.15, 0.2) is 5.96 Å². The van der Waals surface area contributed by atoms with Crippen molar-refractivity contribution in [3.8, 4) is 0 Å². The Morgan fingerprint density at radius 2 is 1.85 bits per heavy atom. The lowest BCUT2D eigenvalue weighted by molar-refractivity contribution is 0.232. The fourth-order valence-corrected chi connectivity index (χ4v) is 3.28. The van der Waals surface area contributed by atoms with E-state index in [4.69, 9.17) is 0 Å². The van der Waals surface area contributed by atoms with Crippen molar-refractivity contribution in [2.75, 3.05) is 33.2 Å². The van der Waals surface area contributed by atoms with Crippen LogP contribution >= 0.6 is 0 Å². The van der Waals surface area contributed by atoms with Crippen LogP contribution in [0, 0.1) is 0 Å². The van der Waals surface area contributed by atoms with Gasteiger partial charge in [-0.1, -0.05) is 30.7 Å². The van der Waals surface area contributed by atoms with E-state index in [-0.39, 0.29) is 0 Å². The Hall–Kier alpha value is -2.34. The number of aliphatic imine (C=N–C) groups is 1. The van der Waals surface area contributed by atoms with E-state index < -0.39 is 0 Å². The van der Waals surface area contributed by atoms with Crippen molar-refractivity contribution in [2.45, 2.75) is 32.4 Å². The highest BCUT2D eigenvalue weighted by Crippen LogP contribution is 2.08. The molecule has 6 nitrogen and oxygen atoms in total. The van der Waals surface area contributed by atoms with Gasteiger partial charge in [0.25, 0.3) is 0 Å². The van der Waals surface area contributed by atoms with Crippen LogP contribution in [0.3, 0.4) is 0 Å². The number of nitrogens with one attached hydrogen (secondary N) is 2. The van der Waals surface area contributed by atoms with Crippen molar-refractivity contribution in [3.63, 3.8) is 0 Å². The first-order valence-electron chi connectivity index (χ1n) is 9.54. The van der Waals surface area contributed by atoms with E-state index in [2.05, 4.69) is 54.3 Å². The molecule has 2 heterocycles. The van der Waals surface area contributed by atoms with E-state index in [1.807, 2.05) is 25.8 Å². The average Bonchev–Trinajstić information content (AvgIpc) is 3.19. The number of imidazole rings is 1. The predicted octanol–water partition coefficient (Wildman–Crippen LogP) is 2.08. The molecule has 140 valence electrons. The molecule has 2 aromatic rings. The van der Waals surface area contributed by atoms with Crippen LogP contribution in [0.15, 0.2) is 48.0 Å². The lowest BCUT2D eigenvalue weighted by Gasteiger charge is -2.26. The fourth-order valence-electron chi connectivity index (χ4n) is 3.28. The number of piperidine rings is 1. The molecular weight excluding hydrogens is 324 g/mol. The number of hydrogen-bond donors (Lipinski definition) is 2. The summed E-state index contributed by atoms with van der Waals surface area (Å²) in [6, 6.07) is 8.67. The first kappa shape index (κ1) is 18.5. The Balaban J connectivity index is 1.38. The number of hydrogen-bond acceptors (Lipinski definition) is 3. The first-order chi connectivity index (χ1) is 12.8. The summed E-state index contributed by atoms with van der Waals surface area (Å²) in [5.41, 5.74) is 2.52. The summed E-state index contributed by atoms with van der Waals surface area (Å²) in [6.07, 6.45) is 9.69. The minimum Gasteiger partial charge on any atom is -0.355 e. The minimum atomic E-state index is 0.773. The number of likely N-dealkylation sites (tertiary alicyclic amines) is 1. The number of rotatable bonds is 7. The number of aromatic nitrogens is 2. The molecule has 0 radical (unpaired) electrons. The van der Waals surface area contributed by atoms with Gasteiger partial charge in [-0.05, 0) is 37.1 Å². The number of benzene rings is 1. The van der Waals surface area contributed by atoms with Crippen LogP contribution in [-0.2, 0) is 13.1 Å². The van der Waals surface area contributed by atoms with E-state index in [1.54, 1.807) is 0 Å². The molecular formula is C20H30N6. The second-order valence-electron chi connectivity index (χ2n) is 6.81. The molecule has 1 aliphatic heterocycles. The van der Waals surface area contributed by atoms with E-state index >= 15 is 0 Å². The van der Waals surface area contributed by atoms with Crippen molar-refractivity contribution in [1.82, 2.24) is 25.1 Å². The van der Waals surface area contributed by atoms with Crippen molar-refractivity contribution in [1.29, 1.82) is 0 Å². The standard InChI is InChI=1S/C20H30N6/c1-21-20(23-10-14-25-11-3-2-4-12-25)24-15-18-5-7-19(8-6-18)16-26-13-9-22-17-26/h5-9,13,17H,2-4,10-12,14-16H2,1H3,(H2,21,23,24). The highest BCUT2D eigenvalue weighted by Gasteiger charge is 2.09. The van der Waals surface area contributed by atoms with Crippen LogP contribution in [-0.4, -0.2) is 53.6 Å². The SMILES string of the molecule is CN=C(NCCN1CCCCC1)NCc1ccc(Cn2ccnc2)cc1. The van der Waals surface area contributed by atoms with E-state index in [9.17, 15) is 0 Å². The van der Waals surface area contributed by atoms with Gasteiger partial charge in [0.05, 0.1) is 6.33 Å². The van der Waals surface area contributed by atoms with E-state index in [0.717, 1.165) is 32.1 Å². The second kappa shape index (κ2) is 9.97. The smallest absolute Gasteiger partial charge is 0.191 e. The maximum Gasteiger partial charge on any atom is 0.191 e. The van der Waals surface area contributed by atoms with Gasteiger partial charge in [0, 0.05) is 45.6 Å². The molecule has 6 heteroatoms. The number of guanidine groups is 1. The summed E-state index contributed by atoms with van der Waals surface area (Å²) < 4.78 is 2.07. The summed E-state index contributed by atoms with van der Waals surface area (Å²) in [5.74, 6) is 0.865. The maximum absolute atomic E-state index is 4.32. The molecule has 0 unspecified atom stereocenters. The van der Waals surface area contributed by atoms with Crippen LogP contribution in [0.25, 0.3) is 0 Å². The van der Waals surface area contributed by atoms with Crippen LogP contribution in [0.1, 0.15) is 30.4 Å². The van der Waals surface area contributed by atoms with Crippen molar-refractivity contribution in [2.24, 2.45) is 4.99 Å². The minimum absolute atomic E-state index is 0.773. The second-order valence-corrected chi connectivity index (χ2v) is 6.81. The quantitative estimate of drug-likeness (QED) is 0.590. The Labute approximate surface area is 156 Å². The zero-order valence-corrected chi connectivity index (χ0v) is 15.7. The van der Waals surface area contributed by atoms with Crippen LogP contribution < -0.4 is 10.6 Å². The summed E-state index contributed by atoms with van der Waals surface area (Å²) in [7, 11) is 1.82. The molecule has 0 amide bonds. The van der Waals surface area contributed by atoms with Gasteiger partial charge in [-0.3, -0.25) is 4.99 Å². The molecule has 2 N–H and O–H groups in total. The van der Waals surface area contributed by atoms with Gasteiger partial charge in [-0.25, -0.2) is 4.98 Å². The third-order valence-corrected chi connectivity index (χ3v) is 4.80. The van der Waals surface area contributed by atoms with Crippen LogP contribution in [0.4, 0.5) is 0 Å². The predicted molar refractivity (Wildman–Crippen MR) is 106 cm³/mol. The van der Waals surface area contributed by atoms with Gasteiger partial charge in [-0.2, -0.15) is 0 Å². The van der Waals surface area contributed by atoms with Crippen molar-refractivity contribution >= 4 is 5.96 Å². The summed E-state index contributed by atoms with van der Waals surface area (Å²) in [6.45, 7) is 6.12. The number of nitrogens with zero attached hydrogens (tertiary/aromatic N) is 4. The zero-order chi connectivity index (χ0) is 18.0. The molecule has 0 saturated carbocycles. The lowest BCUT2D eigenvalue weighted by atomic mass is 10.1. The lowest BCUT2D eigenvalue weighted by Crippen LogP contribution is -2.42. The molecule has 1 fully saturated rings. The first-order valence-corrected chi connectivity index (χ1v) is 9.54. The van der Waals surface area contributed by atoms with Crippen molar-refractivity contribution < 1.29 is 0 Å². The maximum atomic E-state index is 4.32. The highest BCUT2D eigenvalue weighted by atomic mass is 15.2. The molecule has 1 saturated heterocycles. The van der Waals surface area contributed by atoms with Crippen LogP contribution in [0.2, 0.25) is 0 Å². The molecule has 1 aliphatic rings. The molecule has 26 heavy (non-hydrogen) atoms.